The molecule has 1 heterocycles. The van der Waals surface area contributed by atoms with Crippen LogP contribution < -0.4 is 5.84 Å². The molecule has 4 nitrogen and oxygen atoms in total. The van der Waals surface area contributed by atoms with E-state index in [1.807, 2.05) is 20.9 Å². The third-order valence-electron chi connectivity index (χ3n) is 1.87. The van der Waals surface area contributed by atoms with Gasteiger partial charge in [-0.2, -0.15) is 0 Å². The fourth-order valence-electron chi connectivity index (χ4n) is 1.12. The molecule has 1 fully saturated rings. The van der Waals surface area contributed by atoms with Gasteiger partial charge < -0.3 is 4.74 Å². The first-order valence-electron chi connectivity index (χ1n) is 5.05. The predicted molar refractivity (Wildman–Crippen MR) is 55.4 cm³/mol. The molecule has 1 saturated heterocycles. The minimum atomic E-state index is 0.869. The molecule has 4 heteroatoms. The maximum atomic E-state index is 5.48. The van der Waals surface area contributed by atoms with Gasteiger partial charge in [-0.15, -0.1) is 0 Å². The van der Waals surface area contributed by atoms with Crippen LogP contribution in [0, 0.1) is 0 Å². The summed E-state index contributed by atoms with van der Waals surface area (Å²) in [6.45, 7) is 9.82. The Hall–Kier alpha value is -0.160. The first kappa shape index (κ1) is 12.8. The molecule has 0 aromatic carbocycles. The lowest BCUT2D eigenvalue weighted by molar-refractivity contribution is 0.0345. The highest BCUT2D eigenvalue weighted by Crippen LogP contribution is 1.95. The largest absolute Gasteiger partial charge is 0.379 e. The lowest BCUT2D eigenvalue weighted by Gasteiger charge is -2.27. The van der Waals surface area contributed by atoms with Gasteiger partial charge in [0.1, 0.15) is 0 Å². The molecule has 1 rings (SSSR count). The van der Waals surface area contributed by atoms with Crippen LogP contribution in [-0.2, 0) is 4.74 Å². The molecule has 0 bridgehead atoms. The van der Waals surface area contributed by atoms with Crippen LogP contribution in [0.3, 0.4) is 0 Å². The zero-order valence-corrected chi connectivity index (χ0v) is 9.12. The van der Waals surface area contributed by atoms with E-state index in [4.69, 9.17) is 10.6 Å². The van der Waals surface area contributed by atoms with E-state index in [0.29, 0.717) is 0 Å². The van der Waals surface area contributed by atoms with Crippen LogP contribution in [0.25, 0.3) is 0 Å². The van der Waals surface area contributed by atoms with E-state index < -0.39 is 0 Å². The summed E-state index contributed by atoms with van der Waals surface area (Å²) < 4.78 is 5.22. The fraction of sp³-hybridized carbons (Fsp3) is 1.00. The molecular weight excluding hydrogens is 166 g/mol. The SMILES string of the molecule is CC.CN(N)CCN1CCOCC1. The predicted octanol–water partition coefficient (Wildman–Crippen LogP) is 0.150. The molecule has 0 spiro atoms. The third kappa shape index (κ3) is 6.95. The van der Waals surface area contributed by atoms with Gasteiger partial charge in [0.25, 0.3) is 0 Å². The molecule has 0 aromatic heterocycles. The van der Waals surface area contributed by atoms with E-state index in [2.05, 4.69) is 4.90 Å². The number of rotatable bonds is 3. The Bertz CT molecular complexity index is 103. The Morgan fingerprint density at radius 1 is 1.31 bits per heavy atom. The van der Waals surface area contributed by atoms with Crippen molar-refractivity contribution < 1.29 is 4.74 Å². The van der Waals surface area contributed by atoms with Crippen molar-refractivity contribution >= 4 is 0 Å². The van der Waals surface area contributed by atoms with Crippen LogP contribution >= 0.6 is 0 Å². The Morgan fingerprint density at radius 3 is 2.31 bits per heavy atom. The summed E-state index contributed by atoms with van der Waals surface area (Å²) in [5.74, 6) is 5.48. The topological polar surface area (TPSA) is 41.7 Å². The Morgan fingerprint density at radius 2 is 1.85 bits per heavy atom. The number of morpholine rings is 1. The number of nitrogens with zero attached hydrogens (tertiary/aromatic N) is 2. The normalized spacial score (nSPS) is 18.2. The van der Waals surface area contributed by atoms with Crippen molar-refractivity contribution in [1.29, 1.82) is 0 Å². The van der Waals surface area contributed by atoms with Crippen molar-refractivity contribution in [3.05, 3.63) is 0 Å². The zero-order chi connectivity index (χ0) is 10.1. The Balaban J connectivity index is 0.000000671. The van der Waals surface area contributed by atoms with Gasteiger partial charge in [0.05, 0.1) is 13.2 Å². The minimum Gasteiger partial charge on any atom is -0.379 e. The van der Waals surface area contributed by atoms with Gasteiger partial charge in [-0.05, 0) is 0 Å². The molecule has 0 amide bonds. The van der Waals surface area contributed by atoms with Gasteiger partial charge in [0.15, 0.2) is 0 Å². The molecule has 80 valence electrons. The summed E-state index contributed by atoms with van der Waals surface area (Å²) in [5, 5.41) is 1.72. The van der Waals surface area contributed by atoms with Gasteiger partial charge in [-0.1, -0.05) is 13.8 Å². The molecule has 0 aliphatic carbocycles. The molecule has 1 aliphatic heterocycles. The highest BCUT2D eigenvalue weighted by Gasteiger charge is 2.09. The first-order chi connectivity index (χ1) is 6.29. The van der Waals surface area contributed by atoms with Gasteiger partial charge in [0, 0.05) is 33.2 Å². The number of likely N-dealkylation sites (N-methyl/N-ethyl adjacent to an activating group) is 1. The standard InChI is InChI=1S/C7H17N3O.C2H6/c1-9(8)2-3-10-4-6-11-7-5-10;1-2/h2-8H2,1H3;1-2H3. The Kier molecular flexibility index (Phi) is 8.33. The fourth-order valence-corrected chi connectivity index (χ4v) is 1.12. The van der Waals surface area contributed by atoms with Crippen LogP contribution in [0.4, 0.5) is 0 Å². The van der Waals surface area contributed by atoms with Crippen molar-refractivity contribution in [2.45, 2.75) is 13.8 Å². The van der Waals surface area contributed by atoms with Crippen molar-refractivity contribution in [2.75, 3.05) is 46.4 Å². The van der Waals surface area contributed by atoms with Gasteiger partial charge in [0.2, 0.25) is 0 Å². The van der Waals surface area contributed by atoms with Crippen LogP contribution in [0.2, 0.25) is 0 Å². The Labute approximate surface area is 81.6 Å². The molecule has 0 aromatic rings. The second-order valence-corrected chi connectivity index (χ2v) is 2.93. The highest BCUT2D eigenvalue weighted by atomic mass is 16.5. The maximum Gasteiger partial charge on any atom is 0.0594 e. The van der Waals surface area contributed by atoms with Crippen LogP contribution in [0.15, 0.2) is 0 Å². The van der Waals surface area contributed by atoms with Crippen molar-refractivity contribution in [2.24, 2.45) is 5.84 Å². The summed E-state index contributed by atoms with van der Waals surface area (Å²) in [6.07, 6.45) is 0. The average Bonchev–Trinajstić information content (AvgIpc) is 2.19. The molecule has 2 N–H and O–H groups in total. The summed E-state index contributed by atoms with van der Waals surface area (Å²) in [7, 11) is 1.89. The van der Waals surface area contributed by atoms with Crippen LogP contribution in [0.1, 0.15) is 13.8 Å². The summed E-state index contributed by atoms with van der Waals surface area (Å²) in [5.41, 5.74) is 0. The van der Waals surface area contributed by atoms with Crippen LogP contribution in [0.5, 0.6) is 0 Å². The number of ether oxygens (including phenoxy) is 1. The highest BCUT2D eigenvalue weighted by molar-refractivity contribution is 4.62. The van der Waals surface area contributed by atoms with E-state index in [-0.39, 0.29) is 0 Å². The molecule has 1 aliphatic rings. The minimum absolute atomic E-state index is 0.869. The van der Waals surface area contributed by atoms with Crippen molar-refractivity contribution in [1.82, 2.24) is 9.91 Å². The van der Waals surface area contributed by atoms with Crippen LogP contribution in [-0.4, -0.2) is 56.3 Å². The van der Waals surface area contributed by atoms with Crippen molar-refractivity contribution in [3.8, 4) is 0 Å². The summed E-state index contributed by atoms with van der Waals surface area (Å²) in [4.78, 5) is 2.37. The average molecular weight is 189 g/mol. The number of hydrogen-bond acceptors (Lipinski definition) is 4. The molecule has 0 radical (unpaired) electrons. The van der Waals surface area contributed by atoms with E-state index in [0.717, 1.165) is 39.4 Å². The van der Waals surface area contributed by atoms with Crippen molar-refractivity contribution in [3.63, 3.8) is 0 Å². The van der Waals surface area contributed by atoms with Gasteiger partial charge in [-0.25, -0.2) is 5.01 Å². The van der Waals surface area contributed by atoms with E-state index >= 15 is 0 Å². The molecule has 13 heavy (non-hydrogen) atoms. The monoisotopic (exact) mass is 189 g/mol. The van der Waals surface area contributed by atoms with Gasteiger partial charge >= 0.3 is 0 Å². The maximum absolute atomic E-state index is 5.48. The number of hydrazine groups is 1. The molecule has 0 saturated carbocycles. The molecule has 0 atom stereocenters. The quantitative estimate of drug-likeness (QED) is 0.507. The van der Waals surface area contributed by atoms with Gasteiger partial charge in [-0.3, -0.25) is 10.7 Å². The number of nitrogens with two attached hydrogens (primary N) is 1. The lowest BCUT2D eigenvalue weighted by atomic mass is 10.4. The zero-order valence-electron chi connectivity index (χ0n) is 9.12. The first-order valence-corrected chi connectivity index (χ1v) is 5.05. The summed E-state index contributed by atoms with van der Waals surface area (Å²) in [6, 6.07) is 0. The van der Waals surface area contributed by atoms with E-state index in [9.17, 15) is 0 Å². The molecular formula is C9H23N3O. The second kappa shape index (κ2) is 8.44. The smallest absolute Gasteiger partial charge is 0.0594 e. The number of hydrogen-bond donors (Lipinski definition) is 1. The lowest BCUT2D eigenvalue weighted by Crippen LogP contribution is -2.42. The van der Waals surface area contributed by atoms with E-state index in [1.165, 1.54) is 0 Å². The van der Waals surface area contributed by atoms with E-state index in [1.54, 1.807) is 5.01 Å². The summed E-state index contributed by atoms with van der Waals surface area (Å²) >= 11 is 0. The molecule has 0 unspecified atom stereocenters. The third-order valence-corrected chi connectivity index (χ3v) is 1.87. The second-order valence-electron chi connectivity index (χ2n) is 2.93.